The third-order valence-corrected chi connectivity index (χ3v) is 4.76. The first-order chi connectivity index (χ1) is 13.2. The Morgan fingerprint density at radius 2 is 1.43 bits per heavy atom. The highest BCUT2D eigenvalue weighted by atomic mass is 32.2. The lowest BCUT2D eigenvalue weighted by Crippen LogP contribution is -2.63. The number of hydrogen-bond acceptors (Lipinski definition) is 5. The van der Waals surface area contributed by atoms with Crippen molar-refractivity contribution in [3.63, 3.8) is 0 Å². The van der Waals surface area contributed by atoms with Gasteiger partial charge in [0, 0.05) is 16.3 Å². The van der Waals surface area contributed by atoms with Crippen LogP contribution in [0.25, 0.3) is 11.0 Å². The van der Waals surface area contributed by atoms with Crippen LogP contribution in [0.1, 0.15) is 5.56 Å². The molecule has 0 bridgehead atoms. The van der Waals surface area contributed by atoms with Crippen molar-refractivity contribution in [3.8, 4) is 0 Å². The molecule has 0 fully saturated rings. The molecule has 1 heterocycles. The predicted octanol–water partition coefficient (Wildman–Crippen LogP) is 4.69. The van der Waals surface area contributed by atoms with Gasteiger partial charge in [-0.15, -0.1) is 12.6 Å². The number of fused-ring (bicyclic) bond motifs is 1. The van der Waals surface area contributed by atoms with E-state index in [0.29, 0.717) is 5.58 Å². The Kier molecular flexibility index (Phi) is 6.92. The Morgan fingerprint density at radius 3 is 1.87 bits per heavy atom. The molecule has 16 heteroatoms. The lowest BCUT2D eigenvalue weighted by molar-refractivity contribution is -0.382. The van der Waals surface area contributed by atoms with Gasteiger partial charge in [-0.25, -0.2) is 4.79 Å². The number of alkyl halides is 9. The molecule has 2 rings (SSSR count). The quantitative estimate of drug-likeness (QED) is 0.281. The summed E-state index contributed by atoms with van der Waals surface area (Å²) in [5.74, 6) is -14.7. The molecule has 0 aliphatic rings. The monoisotopic (exact) mass is 492 g/mol. The van der Waals surface area contributed by atoms with Crippen LogP contribution in [0.2, 0.25) is 0 Å². The largest absolute Gasteiger partial charge is 0.460 e. The zero-order chi connectivity index (χ0) is 23.9. The van der Waals surface area contributed by atoms with Gasteiger partial charge in [-0.1, -0.05) is 0 Å². The van der Waals surface area contributed by atoms with Crippen LogP contribution >= 0.6 is 12.6 Å². The van der Waals surface area contributed by atoms with Crippen LogP contribution in [-0.4, -0.2) is 36.2 Å². The van der Waals surface area contributed by atoms with Gasteiger partial charge >= 0.3 is 39.0 Å². The summed E-state index contributed by atoms with van der Waals surface area (Å²) < 4.78 is 139. The number of rotatable bonds is 3. The zero-order valence-corrected chi connectivity index (χ0v) is 15.9. The fourth-order valence-electron chi connectivity index (χ4n) is 1.74. The number of hydrogen-bond donors (Lipinski definition) is 2. The summed E-state index contributed by atoms with van der Waals surface area (Å²) in [4.78, 5) is 11.7. The van der Waals surface area contributed by atoms with E-state index in [-0.39, 0.29) is 5.63 Å². The van der Waals surface area contributed by atoms with Gasteiger partial charge in [0.05, 0.1) is 0 Å². The van der Waals surface area contributed by atoms with E-state index in [2.05, 4.69) is 12.6 Å². The average molecular weight is 492 g/mol. The molecule has 30 heavy (non-hydrogen) atoms. The third-order valence-electron chi connectivity index (χ3n) is 3.38. The van der Waals surface area contributed by atoms with Gasteiger partial charge in [-0.3, -0.25) is 4.55 Å². The summed E-state index contributed by atoms with van der Waals surface area (Å²) >= 11 is 4.25. The summed E-state index contributed by atoms with van der Waals surface area (Å²) in [6.45, 7) is 1.97. The standard InChI is InChI=1S/C10H8O2S.C4HF9O3S/c1-6-4-7-2-3-10(11)12-8(7)5-9(6)13;5-1(6,3(9,10)11)2(7,8)4(12,13)17(14,15)16/h2-5,13H,1H3;(H,14,15,16). The molecule has 0 amide bonds. The van der Waals surface area contributed by atoms with E-state index in [4.69, 9.17) is 8.97 Å². The molecule has 2 aromatic rings. The average Bonchev–Trinajstić information content (AvgIpc) is 2.54. The minimum atomic E-state index is -7.37. The van der Waals surface area contributed by atoms with Crippen LogP contribution in [-0.2, 0) is 10.1 Å². The Labute approximate surface area is 166 Å². The fraction of sp³-hybridized carbons (Fsp3) is 0.357. The van der Waals surface area contributed by atoms with Crippen molar-refractivity contribution < 1.29 is 56.9 Å². The normalized spacial score (nSPS) is 13.7. The van der Waals surface area contributed by atoms with Crippen molar-refractivity contribution in [2.45, 2.75) is 35.1 Å². The first-order valence-electron chi connectivity index (χ1n) is 7.07. The second kappa shape index (κ2) is 7.96. The van der Waals surface area contributed by atoms with E-state index in [0.717, 1.165) is 15.8 Å². The fourth-order valence-corrected chi connectivity index (χ4v) is 2.38. The van der Waals surface area contributed by atoms with Crippen molar-refractivity contribution in [1.82, 2.24) is 0 Å². The highest BCUT2D eigenvalue weighted by Crippen LogP contribution is 2.54. The van der Waals surface area contributed by atoms with E-state index in [1.807, 2.05) is 13.0 Å². The molecule has 0 atom stereocenters. The van der Waals surface area contributed by atoms with Gasteiger partial charge in [0.15, 0.2) is 0 Å². The molecule has 0 saturated heterocycles. The molecule has 1 aromatic carbocycles. The Balaban J connectivity index is 0.000000308. The number of thiol groups is 1. The lowest BCUT2D eigenvalue weighted by Gasteiger charge is -2.31. The second-order valence-electron chi connectivity index (χ2n) is 5.57. The van der Waals surface area contributed by atoms with Crippen LogP contribution in [0.4, 0.5) is 39.5 Å². The highest BCUT2D eigenvalue weighted by molar-refractivity contribution is 7.87. The third kappa shape index (κ3) is 4.69. The molecule has 0 radical (unpaired) electrons. The summed E-state index contributed by atoms with van der Waals surface area (Å²) in [7, 11) is -7.17. The van der Waals surface area contributed by atoms with Crippen molar-refractivity contribution in [1.29, 1.82) is 0 Å². The Hall–Kier alpha value is -1.94. The van der Waals surface area contributed by atoms with Crippen LogP contribution in [0.15, 0.2) is 38.4 Å². The van der Waals surface area contributed by atoms with E-state index in [9.17, 15) is 52.7 Å². The molecule has 0 spiro atoms. The predicted molar refractivity (Wildman–Crippen MR) is 86.9 cm³/mol. The van der Waals surface area contributed by atoms with Gasteiger partial charge in [0.1, 0.15) is 5.58 Å². The van der Waals surface area contributed by atoms with E-state index >= 15 is 0 Å². The molecular formula is C14H9F9O5S2. The van der Waals surface area contributed by atoms with E-state index in [1.54, 1.807) is 12.1 Å². The smallest absolute Gasteiger partial charge is 0.423 e. The van der Waals surface area contributed by atoms with Crippen LogP contribution in [0.5, 0.6) is 0 Å². The topological polar surface area (TPSA) is 84.6 Å². The summed E-state index contributed by atoms with van der Waals surface area (Å²) in [5, 5.41) is -6.08. The first kappa shape index (κ1) is 26.1. The maximum Gasteiger partial charge on any atom is 0.460 e. The Bertz CT molecular complexity index is 1090. The van der Waals surface area contributed by atoms with Gasteiger partial charge in [0.25, 0.3) is 0 Å². The number of aryl methyl sites for hydroxylation is 1. The molecule has 1 N–H and O–H groups in total. The Morgan fingerprint density at radius 1 is 0.933 bits per heavy atom. The van der Waals surface area contributed by atoms with Gasteiger partial charge < -0.3 is 4.42 Å². The van der Waals surface area contributed by atoms with Gasteiger partial charge in [-0.05, 0) is 30.7 Å². The molecule has 1 aromatic heterocycles. The zero-order valence-electron chi connectivity index (χ0n) is 14.1. The first-order valence-corrected chi connectivity index (χ1v) is 8.96. The summed E-state index contributed by atoms with van der Waals surface area (Å²) in [5.41, 5.74) is 1.33. The van der Waals surface area contributed by atoms with Crippen molar-refractivity contribution in [2.75, 3.05) is 0 Å². The SMILES string of the molecule is Cc1cc2ccc(=O)oc2cc1S.O=S(=O)(O)C(F)(F)C(F)(F)C(F)(F)C(F)(F)F. The molecule has 0 saturated carbocycles. The van der Waals surface area contributed by atoms with E-state index in [1.165, 1.54) is 6.07 Å². The van der Waals surface area contributed by atoms with Crippen LogP contribution in [0, 0.1) is 6.92 Å². The highest BCUT2D eigenvalue weighted by Gasteiger charge is 2.85. The van der Waals surface area contributed by atoms with Gasteiger partial charge in [0.2, 0.25) is 0 Å². The van der Waals surface area contributed by atoms with Crippen molar-refractivity contribution >= 4 is 33.7 Å². The maximum atomic E-state index is 12.2. The maximum absolute atomic E-state index is 12.2. The molecule has 170 valence electrons. The number of benzene rings is 1. The van der Waals surface area contributed by atoms with Gasteiger partial charge in [-0.2, -0.15) is 47.9 Å². The van der Waals surface area contributed by atoms with Crippen LogP contribution in [0.3, 0.4) is 0 Å². The van der Waals surface area contributed by atoms with Crippen molar-refractivity contribution in [2.24, 2.45) is 0 Å². The molecule has 5 nitrogen and oxygen atoms in total. The molecule has 0 aliphatic carbocycles. The van der Waals surface area contributed by atoms with Crippen LogP contribution < -0.4 is 5.63 Å². The molecule has 0 unspecified atom stereocenters. The molecular weight excluding hydrogens is 483 g/mol. The van der Waals surface area contributed by atoms with E-state index < -0.39 is 33.4 Å². The lowest BCUT2D eigenvalue weighted by atomic mass is 10.1. The second-order valence-corrected chi connectivity index (χ2v) is 7.51. The summed E-state index contributed by atoms with van der Waals surface area (Å²) in [6.07, 6.45) is -7.13. The van der Waals surface area contributed by atoms with Crippen molar-refractivity contribution in [3.05, 3.63) is 40.2 Å². The minimum absolute atomic E-state index is 0.330. The minimum Gasteiger partial charge on any atom is -0.423 e. The summed E-state index contributed by atoms with van der Waals surface area (Å²) in [6, 6.07) is 6.87. The number of halogens is 9. The molecule has 0 aliphatic heterocycles.